The van der Waals surface area contributed by atoms with E-state index in [2.05, 4.69) is 5.32 Å². The van der Waals surface area contributed by atoms with Gasteiger partial charge in [-0.1, -0.05) is 24.3 Å². The van der Waals surface area contributed by atoms with Gasteiger partial charge in [0.2, 0.25) is 5.91 Å². The van der Waals surface area contributed by atoms with Gasteiger partial charge in [-0.05, 0) is 29.7 Å². The van der Waals surface area contributed by atoms with E-state index in [1.54, 1.807) is 24.3 Å². The van der Waals surface area contributed by atoms with Crippen molar-refractivity contribution in [3.8, 4) is 0 Å². The Balaban J connectivity index is 1.84. The van der Waals surface area contributed by atoms with Crippen molar-refractivity contribution in [1.82, 2.24) is 0 Å². The highest BCUT2D eigenvalue weighted by atomic mass is 19.1. The monoisotopic (exact) mass is 338 g/mol. The van der Waals surface area contributed by atoms with Crippen LogP contribution in [-0.2, 0) is 4.79 Å². The number of amides is 2. The first-order valence-electron chi connectivity index (χ1n) is 7.48. The normalized spacial score (nSPS) is 13.5. The molecule has 4 rings (SSSR count). The molecule has 2 aromatic carbocycles. The molecular weight excluding hydrogens is 327 g/mol. The molecule has 0 radical (unpaired) electrons. The lowest BCUT2D eigenvalue weighted by atomic mass is 10.1. The number of anilines is 2. The predicted octanol–water partition coefficient (Wildman–Crippen LogP) is 2.53. The maximum atomic E-state index is 13.9. The molecule has 1 aromatic heterocycles. The third-order valence-electron chi connectivity index (χ3n) is 3.97. The average molecular weight is 338 g/mol. The van der Waals surface area contributed by atoms with Crippen LogP contribution in [-0.4, -0.2) is 18.4 Å². The maximum absolute atomic E-state index is 13.9. The van der Waals surface area contributed by atoms with E-state index in [-0.39, 0.29) is 23.7 Å². The van der Waals surface area contributed by atoms with Crippen LogP contribution in [0.15, 0.2) is 57.7 Å². The highest BCUT2D eigenvalue weighted by molar-refractivity contribution is 6.14. The number of para-hydroxylation sites is 1. The number of carbonyl (C=O) groups is 2. The van der Waals surface area contributed by atoms with E-state index in [9.17, 15) is 18.8 Å². The van der Waals surface area contributed by atoms with Crippen LogP contribution in [0.1, 0.15) is 10.6 Å². The van der Waals surface area contributed by atoms with E-state index in [0.717, 1.165) is 4.90 Å². The number of halogens is 1. The third kappa shape index (κ3) is 2.46. The van der Waals surface area contributed by atoms with Crippen LogP contribution in [0.2, 0.25) is 0 Å². The van der Waals surface area contributed by atoms with Crippen LogP contribution >= 0.6 is 0 Å². The van der Waals surface area contributed by atoms with Crippen molar-refractivity contribution in [3.63, 3.8) is 0 Å². The molecule has 0 unspecified atom stereocenters. The summed E-state index contributed by atoms with van der Waals surface area (Å²) in [6.07, 6.45) is 0. The van der Waals surface area contributed by atoms with Gasteiger partial charge >= 0.3 is 5.63 Å². The minimum atomic E-state index is -0.690. The number of carbonyl (C=O) groups excluding carboxylic acids is 2. The highest BCUT2D eigenvalue weighted by Crippen LogP contribution is 2.32. The fourth-order valence-electron chi connectivity index (χ4n) is 2.82. The van der Waals surface area contributed by atoms with Crippen molar-refractivity contribution in [1.29, 1.82) is 0 Å². The summed E-state index contributed by atoms with van der Waals surface area (Å²) in [6, 6.07) is 12.3. The van der Waals surface area contributed by atoms with Crippen LogP contribution in [0.25, 0.3) is 10.8 Å². The molecule has 0 spiro atoms. The summed E-state index contributed by atoms with van der Waals surface area (Å²) in [5.74, 6) is -2.09. The third-order valence-corrected chi connectivity index (χ3v) is 3.97. The van der Waals surface area contributed by atoms with Crippen LogP contribution < -0.4 is 15.8 Å². The first kappa shape index (κ1) is 15.1. The fraction of sp³-hybridized carbons (Fsp3) is 0.0556. The van der Waals surface area contributed by atoms with E-state index in [0.29, 0.717) is 10.8 Å². The Bertz CT molecular complexity index is 1090. The standard InChI is InChI=1S/C18H11FN2O4/c19-12-6-3-7-13-16(12)20-15(22)9-21(13)17(23)14-8-10-4-1-2-5-11(10)18(24)25-14/h1-8H,9H2,(H,20,22). The average Bonchev–Trinajstić information content (AvgIpc) is 2.61. The van der Waals surface area contributed by atoms with Crippen LogP contribution in [0.3, 0.4) is 0 Å². The van der Waals surface area contributed by atoms with Gasteiger partial charge in [0.15, 0.2) is 5.76 Å². The van der Waals surface area contributed by atoms with Crippen molar-refractivity contribution >= 4 is 34.0 Å². The van der Waals surface area contributed by atoms with Gasteiger partial charge in [-0.3, -0.25) is 14.5 Å². The van der Waals surface area contributed by atoms with Gasteiger partial charge in [-0.2, -0.15) is 0 Å². The van der Waals surface area contributed by atoms with E-state index < -0.39 is 23.3 Å². The minimum Gasteiger partial charge on any atom is -0.417 e. The Morgan fingerprint density at radius 2 is 1.92 bits per heavy atom. The highest BCUT2D eigenvalue weighted by Gasteiger charge is 2.30. The molecule has 3 aromatic rings. The van der Waals surface area contributed by atoms with Crippen molar-refractivity contribution in [2.45, 2.75) is 0 Å². The first-order chi connectivity index (χ1) is 12.0. The Labute approximate surface area is 140 Å². The van der Waals surface area contributed by atoms with E-state index >= 15 is 0 Å². The summed E-state index contributed by atoms with van der Waals surface area (Å²) in [6.45, 7) is -0.300. The molecule has 0 aliphatic carbocycles. The van der Waals surface area contributed by atoms with Gasteiger partial charge in [-0.25, -0.2) is 9.18 Å². The van der Waals surface area contributed by atoms with Crippen LogP contribution in [0.5, 0.6) is 0 Å². The van der Waals surface area contributed by atoms with Crippen LogP contribution in [0.4, 0.5) is 15.8 Å². The molecule has 0 atom stereocenters. The zero-order chi connectivity index (χ0) is 17.6. The summed E-state index contributed by atoms with van der Waals surface area (Å²) >= 11 is 0. The molecule has 2 amide bonds. The van der Waals surface area contributed by atoms with Gasteiger partial charge in [0.25, 0.3) is 5.91 Å². The Hall–Kier alpha value is -3.48. The predicted molar refractivity (Wildman–Crippen MR) is 89.2 cm³/mol. The number of rotatable bonds is 1. The number of hydrogen-bond donors (Lipinski definition) is 1. The van der Waals surface area contributed by atoms with Gasteiger partial charge < -0.3 is 9.73 Å². The summed E-state index contributed by atoms with van der Waals surface area (Å²) in [5, 5.41) is 3.30. The van der Waals surface area contributed by atoms with Crippen molar-refractivity contribution in [3.05, 3.63) is 70.5 Å². The number of nitrogens with one attached hydrogen (secondary N) is 1. The molecule has 0 bridgehead atoms. The molecule has 0 fully saturated rings. The summed E-state index contributed by atoms with van der Waals surface area (Å²) in [4.78, 5) is 37.8. The second-order valence-electron chi connectivity index (χ2n) is 5.56. The SMILES string of the molecule is O=C1CN(C(=O)c2cc3ccccc3c(=O)o2)c2cccc(F)c2N1. The molecule has 25 heavy (non-hydrogen) atoms. The van der Waals surface area contributed by atoms with E-state index in [4.69, 9.17) is 4.42 Å². The Morgan fingerprint density at radius 1 is 1.12 bits per heavy atom. The topological polar surface area (TPSA) is 79.6 Å². The number of hydrogen-bond acceptors (Lipinski definition) is 4. The van der Waals surface area contributed by atoms with E-state index in [1.807, 2.05) is 0 Å². The molecule has 0 saturated carbocycles. The van der Waals surface area contributed by atoms with Gasteiger partial charge in [-0.15, -0.1) is 0 Å². The van der Waals surface area contributed by atoms with Crippen LogP contribution in [0, 0.1) is 5.82 Å². The minimum absolute atomic E-state index is 0.0739. The number of nitrogens with zero attached hydrogens (tertiary/aromatic N) is 1. The van der Waals surface area contributed by atoms with E-state index in [1.165, 1.54) is 24.3 Å². The lowest BCUT2D eigenvalue weighted by Gasteiger charge is -2.28. The molecule has 1 aliphatic rings. The molecule has 1 aliphatic heterocycles. The maximum Gasteiger partial charge on any atom is 0.344 e. The van der Waals surface area contributed by atoms with Gasteiger partial charge in [0.05, 0.1) is 11.1 Å². The Morgan fingerprint density at radius 3 is 2.76 bits per heavy atom. The first-order valence-corrected chi connectivity index (χ1v) is 7.48. The zero-order valence-electron chi connectivity index (χ0n) is 12.8. The van der Waals surface area contributed by atoms with Gasteiger partial charge in [0, 0.05) is 0 Å². The molecule has 1 N–H and O–H groups in total. The molecule has 0 saturated heterocycles. The summed E-state index contributed by atoms with van der Waals surface area (Å²) in [7, 11) is 0. The summed E-state index contributed by atoms with van der Waals surface area (Å²) in [5.41, 5.74) is -0.516. The molecule has 2 heterocycles. The Kier molecular flexibility index (Phi) is 3.35. The fourth-order valence-corrected chi connectivity index (χ4v) is 2.82. The molecule has 7 heteroatoms. The quantitative estimate of drug-likeness (QED) is 0.739. The largest absolute Gasteiger partial charge is 0.417 e. The smallest absolute Gasteiger partial charge is 0.344 e. The van der Waals surface area contributed by atoms with Crippen molar-refractivity contribution in [2.24, 2.45) is 0 Å². The van der Waals surface area contributed by atoms with Crippen molar-refractivity contribution in [2.75, 3.05) is 16.8 Å². The molecule has 124 valence electrons. The second-order valence-corrected chi connectivity index (χ2v) is 5.56. The lowest BCUT2D eigenvalue weighted by Crippen LogP contribution is -2.42. The van der Waals surface area contributed by atoms with Crippen molar-refractivity contribution < 1.29 is 18.4 Å². The molecular formula is C18H11FN2O4. The lowest BCUT2D eigenvalue weighted by molar-refractivity contribution is -0.115. The second kappa shape index (κ2) is 5.55. The number of benzene rings is 2. The van der Waals surface area contributed by atoms with Gasteiger partial charge in [0.1, 0.15) is 18.0 Å². The zero-order valence-corrected chi connectivity index (χ0v) is 12.8. The molecule has 6 nitrogen and oxygen atoms in total. The number of fused-ring (bicyclic) bond motifs is 2. The summed E-state index contributed by atoms with van der Waals surface area (Å²) < 4.78 is 19.0.